The Hall–Kier alpha value is -2.04. The second-order valence-electron chi connectivity index (χ2n) is 7.21. The van der Waals surface area contributed by atoms with E-state index in [2.05, 4.69) is 38.1 Å². The number of hydrogen-bond donors (Lipinski definition) is 0. The van der Waals surface area contributed by atoms with Crippen LogP contribution in [0.3, 0.4) is 0 Å². The van der Waals surface area contributed by atoms with E-state index in [0.29, 0.717) is 13.2 Å². The van der Waals surface area contributed by atoms with Crippen molar-refractivity contribution in [3.05, 3.63) is 59.7 Å². The van der Waals surface area contributed by atoms with Crippen molar-refractivity contribution in [1.82, 2.24) is 0 Å². The zero-order valence-corrected chi connectivity index (χ0v) is 14.7. The summed E-state index contributed by atoms with van der Waals surface area (Å²) in [5.74, 6) is 1.78. The topological polar surface area (TPSA) is 43.5 Å². The quantitative estimate of drug-likeness (QED) is 0.689. The Morgan fingerprint density at radius 2 is 1.12 bits per heavy atom. The molecule has 0 radical (unpaired) electrons. The van der Waals surface area contributed by atoms with Gasteiger partial charge in [0.25, 0.3) is 0 Å². The van der Waals surface area contributed by atoms with Crippen molar-refractivity contribution >= 4 is 0 Å². The zero-order valence-electron chi connectivity index (χ0n) is 14.7. The third kappa shape index (κ3) is 4.14. The summed E-state index contributed by atoms with van der Waals surface area (Å²) in [5.41, 5.74) is 2.42. The van der Waals surface area contributed by atoms with Gasteiger partial charge in [0.15, 0.2) is 0 Å². The molecule has 2 heterocycles. The summed E-state index contributed by atoms with van der Waals surface area (Å²) >= 11 is 0. The Balaban J connectivity index is 1.41. The molecule has 2 aromatic rings. The minimum absolute atomic E-state index is 0.0870. The molecule has 4 rings (SSSR count). The first-order valence-electron chi connectivity index (χ1n) is 8.81. The van der Waals surface area contributed by atoms with Gasteiger partial charge < -0.3 is 18.9 Å². The Kier molecular flexibility index (Phi) is 4.40. The smallest absolute Gasteiger partial charge is 0.119 e. The standard InChI is InChI=1S/C21H24O4/c1-21(2,15-3-7-17(8-4-15)22-11-19-13-24-19)16-5-9-18(10-6-16)23-12-20-14-25-20/h3-10,19-20H,11-14H2,1-2H3/t19-,20?/m1/s1. The van der Waals surface area contributed by atoms with Crippen molar-refractivity contribution in [2.75, 3.05) is 26.4 Å². The highest BCUT2D eigenvalue weighted by Gasteiger charge is 2.25. The van der Waals surface area contributed by atoms with Crippen LogP contribution < -0.4 is 9.47 Å². The second-order valence-corrected chi connectivity index (χ2v) is 7.21. The van der Waals surface area contributed by atoms with E-state index in [1.807, 2.05) is 24.3 Å². The molecule has 2 fully saturated rings. The molecular weight excluding hydrogens is 316 g/mol. The summed E-state index contributed by atoms with van der Waals surface area (Å²) in [7, 11) is 0. The number of hydrogen-bond acceptors (Lipinski definition) is 4. The van der Waals surface area contributed by atoms with Gasteiger partial charge in [0.2, 0.25) is 0 Å². The van der Waals surface area contributed by atoms with E-state index in [-0.39, 0.29) is 17.6 Å². The summed E-state index contributed by atoms with van der Waals surface area (Å²) in [5, 5.41) is 0. The second kappa shape index (κ2) is 6.70. The molecular formula is C21H24O4. The van der Waals surface area contributed by atoms with E-state index in [1.165, 1.54) is 11.1 Å². The maximum Gasteiger partial charge on any atom is 0.119 e. The summed E-state index contributed by atoms with van der Waals surface area (Å²) in [4.78, 5) is 0. The first-order valence-corrected chi connectivity index (χ1v) is 8.81. The maximum atomic E-state index is 5.72. The molecule has 0 spiro atoms. The lowest BCUT2D eigenvalue weighted by atomic mass is 9.78. The lowest BCUT2D eigenvalue weighted by molar-refractivity contribution is 0.263. The Morgan fingerprint density at radius 3 is 1.44 bits per heavy atom. The molecule has 2 atom stereocenters. The molecule has 1 unspecified atom stereocenters. The summed E-state index contributed by atoms with van der Waals surface area (Å²) in [6.07, 6.45) is 0.562. The molecule has 0 aliphatic carbocycles. The van der Waals surface area contributed by atoms with E-state index < -0.39 is 0 Å². The van der Waals surface area contributed by atoms with Gasteiger partial charge in [-0.2, -0.15) is 0 Å². The maximum absolute atomic E-state index is 5.72. The van der Waals surface area contributed by atoms with E-state index in [0.717, 1.165) is 24.7 Å². The molecule has 2 aliphatic heterocycles. The molecule has 132 valence electrons. The van der Waals surface area contributed by atoms with Gasteiger partial charge in [-0.05, 0) is 35.4 Å². The first kappa shape index (κ1) is 16.4. The molecule has 4 heteroatoms. The number of rotatable bonds is 8. The van der Waals surface area contributed by atoms with Gasteiger partial charge in [0.1, 0.15) is 36.9 Å². The van der Waals surface area contributed by atoms with Crippen LogP contribution in [0, 0.1) is 0 Å². The Bertz CT molecular complexity index is 636. The number of epoxide rings is 2. The summed E-state index contributed by atoms with van der Waals surface area (Å²) in [6, 6.07) is 16.7. The first-order chi connectivity index (χ1) is 12.1. The fourth-order valence-corrected chi connectivity index (χ4v) is 2.81. The van der Waals surface area contributed by atoms with E-state index >= 15 is 0 Å². The third-order valence-corrected chi connectivity index (χ3v) is 4.83. The van der Waals surface area contributed by atoms with Gasteiger partial charge in [-0.15, -0.1) is 0 Å². The molecule has 0 aromatic heterocycles. The van der Waals surface area contributed by atoms with Gasteiger partial charge in [0, 0.05) is 5.41 Å². The normalized spacial score (nSPS) is 21.7. The molecule has 0 bridgehead atoms. The third-order valence-electron chi connectivity index (χ3n) is 4.83. The van der Waals surface area contributed by atoms with Crippen molar-refractivity contribution < 1.29 is 18.9 Å². The van der Waals surface area contributed by atoms with Crippen molar-refractivity contribution in [3.63, 3.8) is 0 Å². The summed E-state index contributed by atoms with van der Waals surface area (Å²) in [6.45, 7) is 7.37. The van der Waals surface area contributed by atoms with Gasteiger partial charge in [-0.3, -0.25) is 0 Å². The average Bonchev–Trinajstić information content (AvgIpc) is 3.54. The molecule has 0 amide bonds. The predicted molar refractivity (Wildman–Crippen MR) is 95.5 cm³/mol. The fourth-order valence-electron chi connectivity index (χ4n) is 2.81. The van der Waals surface area contributed by atoms with Crippen molar-refractivity contribution in [1.29, 1.82) is 0 Å². The van der Waals surface area contributed by atoms with Gasteiger partial charge in [0.05, 0.1) is 13.2 Å². The van der Waals surface area contributed by atoms with E-state index in [1.54, 1.807) is 0 Å². The van der Waals surface area contributed by atoms with Gasteiger partial charge in [-0.25, -0.2) is 0 Å². The highest BCUT2D eigenvalue weighted by molar-refractivity contribution is 5.41. The zero-order chi connectivity index (χ0) is 17.3. The van der Waals surface area contributed by atoms with E-state index in [4.69, 9.17) is 18.9 Å². The number of benzene rings is 2. The highest BCUT2D eigenvalue weighted by Crippen LogP contribution is 2.33. The average molecular weight is 340 g/mol. The van der Waals surface area contributed by atoms with Crippen LogP contribution >= 0.6 is 0 Å². The van der Waals surface area contributed by atoms with Crippen LogP contribution in [0.5, 0.6) is 11.5 Å². The van der Waals surface area contributed by atoms with Crippen molar-refractivity contribution in [3.8, 4) is 11.5 Å². The molecule has 0 saturated carbocycles. The number of ether oxygens (including phenoxy) is 4. The minimum atomic E-state index is -0.0870. The lowest BCUT2D eigenvalue weighted by Gasteiger charge is -2.26. The van der Waals surface area contributed by atoms with Gasteiger partial charge >= 0.3 is 0 Å². The lowest BCUT2D eigenvalue weighted by Crippen LogP contribution is -2.18. The van der Waals surface area contributed by atoms with Crippen LogP contribution in [0.1, 0.15) is 25.0 Å². The van der Waals surface area contributed by atoms with Crippen molar-refractivity contribution in [2.45, 2.75) is 31.5 Å². The van der Waals surface area contributed by atoms with Crippen LogP contribution in [0.2, 0.25) is 0 Å². The molecule has 2 aromatic carbocycles. The Morgan fingerprint density at radius 1 is 0.760 bits per heavy atom. The van der Waals surface area contributed by atoms with Crippen LogP contribution in [0.25, 0.3) is 0 Å². The molecule has 25 heavy (non-hydrogen) atoms. The summed E-state index contributed by atoms with van der Waals surface area (Å²) < 4.78 is 21.8. The largest absolute Gasteiger partial charge is 0.491 e. The SMILES string of the molecule is CC(C)(c1ccc(OCC2CO2)cc1)c1ccc(OC[C@@H]2CO2)cc1. The van der Waals surface area contributed by atoms with Gasteiger partial charge in [-0.1, -0.05) is 38.1 Å². The monoisotopic (exact) mass is 340 g/mol. The fraction of sp³-hybridized carbons (Fsp3) is 0.429. The molecule has 2 saturated heterocycles. The van der Waals surface area contributed by atoms with Crippen LogP contribution in [0.4, 0.5) is 0 Å². The van der Waals surface area contributed by atoms with Crippen molar-refractivity contribution in [2.24, 2.45) is 0 Å². The van der Waals surface area contributed by atoms with Crippen LogP contribution in [-0.4, -0.2) is 38.6 Å². The minimum Gasteiger partial charge on any atom is -0.491 e. The van der Waals surface area contributed by atoms with Crippen LogP contribution in [0.15, 0.2) is 48.5 Å². The van der Waals surface area contributed by atoms with Crippen LogP contribution in [-0.2, 0) is 14.9 Å². The predicted octanol–water partition coefficient (Wildman–Crippen LogP) is 3.57. The molecule has 0 N–H and O–H groups in total. The molecule has 2 aliphatic rings. The highest BCUT2D eigenvalue weighted by atomic mass is 16.6. The Labute approximate surface area is 148 Å². The molecule has 4 nitrogen and oxygen atoms in total. The van der Waals surface area contributed by atoms with E-state index in [9.17, 15) is 0 Å².